The average molecular weight is 233 g/mol. The van der Waals surface area contributed by atoms with E-state index in [-0.39, 0.29) is 5.15 Å². The van der Waals surface area contributed by atoms with Gasteiger partial charge in [0.1, 0.15) is 0 Å². The van der Waals surface area contributed by atoms with Crippen molar-refractivity contribution >= 4 is 17.6 Å². The second kappa shape index (κ2) is 3.83. The van der Waals surface area contributed by atoms with Gasteiger partial charge in [0.15, 0.2) is 11.3 Å². The molecule has 0 aliphatic rings. The standard InChI is InChI=1S/C9H13ClN2O3/c1-9(2,6(13)8(14)15)5-7(10)11-4-12(5)3/h4,6,13H,1-3H3,(H,14,15). The molecule has 1 unspecified atom stereocenters. The summed E-state index contributed by atoms with van der Waals surface area (Å²) in [6.45, 7) is 3.21. The first kappa shape index (κ1) is 12.0. The Bertz CT molecular complexity index is 367. The molecule has 0 spiro atoms. The number of aliphatic hydroxyl groups is 1. The minimum atomic E-state index is -1.52. The van der Waals surface area contributed by atoms with Gasteiger partial charge in [-0.15, -0.1) is 0 Å². The summed E-state index contributed by atoms with van der Waals surface area (Å²) in [6.07, 6.45) is -0.0426. The maximum Gasteiger partial charge on any atom is 0.333 e. The Kier molecular flexibility index (Phi) is 3.06. The van der Waals surface area contributed by atoms with Gasteiger partial charge >= 0.3 is 5.97 Å². The van der Waals surface area contributed by atoms with Gasteiger partial charge in [-0.2, -0.15) is 0 Å². The fraction of sp³-hybridized carbons (Fsp3) is 0.556. The lowest BCUT2D eigenvalue weighted by Crippen LogP contribution is -2.41. The molecular formula is C9H13ClN2O3. The summed E-state index contributed by atoms with van der Waals surface area (Å²) in [6, 6.07) is 0. The van der Waals surface area contributed by atoms with E-state index in [2.05, 4.69) is 4.98 Å². The largest absolute Gasteiger partial charge is 0.479 e. The molecule has 6 heteroatoms. The van der Waals surface area contributed by atoms with Crippen molar-refractivity contribution in [2.24, 2.45) is 7.05 Å². The van der Waals surface area contributed by atoms with Crippen LogP contribution in [0.3, 0.4) is 0 Å². The smallest absolute Gasteiger partial charge is 0.333 e. The monoisotopic (exact) mass is 232 g/mol. The molecule has 0 aliphatic heterocycles. The Morgan fingerprint density at radius 1 is 1.67 bits per heavy atom. The average Bonchev–Trinajstić information content (AvgIpc) is 2.44. The first-order valence-corrected chi connectivity index (χ1v) is 4.74. The third kappa shape index (κ3) is 1.98. The third-order valence-electron chi connectivity index (χ3n) is 2.42. The molecule has 1 heterocycles. The van der Waals surface area contributed by atoms with E-state index in [1.54, 1.807) is 25.5 Å². The number of carboxylic acids is 1. The molecule has 0 saturated heterocycles. The summed E-state index contributed by atoms with van der Waals surface area (Å²) in [7, 11) is 1.70. The summed E-state index contributed by atoms with van der Waals surface area (Å²) < 4.78 is 1.61. The lowest BCUT2D eigenvalue weighted by atomic mass is 9.83. The van der Waals surface area contributed by atoms with E-state index in [0.717, 1.165) is 0 Å². The molecule has 0 aliphatic carbocycles. The van der Waals surface area contributed by atoms with Crippen LogP contribution in [0.2, 0.25) is 5.15 Å². The summed E-state index contributed by atoms with van der Waals surface area (Å²) in [4.78, 5) is 14.6. The highest BCUT2D eigenvalue weighted by Crippen LogP contribution is 2.31. The number of aromatic nitrogens is 2. The minimum absolute atomic E-state index is 0.211. The fourth-order valence-electron chi connectivity index (χ4n) is 1.56. The molecule has 1 aromatic rings. The molecule has 0 saturated carbocycles. The van der Waals surface area contributed by atoms with E-state index in [9.17, 15) is 9.90 Å². The summed E-state index contributed by atoms with van der Waals surface area (Å²) in [5, 5.41) is 18.6. The second-order valence-corrected chi connectivity index (χ2v) is 4.32. The Morgan fingerprint density at radius 3 is 2.53 bits per heavy atom. The van der Waals surface area contributed by atoms with E-state index >= 15 is 0 Å². The van der Waals surface area contributed by atoms with Crippen molar-refractivity contribution in [2.45, 2.75) is 25.4 Å². The van der Waals surface area contributed by atoms with Crippen LogP contribution in [0.1, 0.15) is 19.5 Å². The van der Waals surface area contributed by atoms with Gasteiger partial charge in [-0.3, -0.25) is 0 Å². The maximum atomic E-state index is 10.7. The van der Waals surface area contributed by atoms with Crippen molar-refractivity contribution in [3.05, 3.63) is 17.2 Å². The quantitative estimate of drug-likeness (QED) is 0.808. The molecule has 0 amide bonds. The van der Waals surface area contributed by atoms with Crippen LogP contribution in [0.15, 0.2) is 6.33 Å². The number of halogens is 1. The van der Waals surface area contributed by atoms with E-state index in [1.807, 2.05) is 0 Å². The minimum Gasteiger partial charge on any atom is -0.479 e. The first-order valence-electron chi connectivity index (χ1n) is 4.36. The molecule has 15 heavy (non-hydrogen) atoms. The first-order chi connectivity index (χ1) is 6.78. The number of imidazole rings is 1. The number of aliphatic hydroxyl groups excluding tert-OH is 1. The third-order valence-corrected chi connectivity index (χ3v) is 2.70. The van der Waals surface area contributed by atoms with Gasteiger partial charge in [0.25, 0.3) is 0 Å². The number of hydrogen-bond donors (Lipinski definition) is 2. The highest BCUT2D eigenvalue weighted by atomic mass is 35.5. The highest BCUT2D eigenvalue weighted by molar-refractivity contribution is 6.30. The van der Waals surface area contributed by atoms with Gasteiger partial charge in [-0.05, 0) is 0 Å². The van der Waals surface area contributed by atoms with Crippen molar-refractivity contribution in [3.8, 4) is 0 Å². The van der Waals surface area contributed by atoms with E-state index in [0.29, 0.717) is 5.69 Å². The SMILES string of the molecule is Cn1cnc(Cl)c1C(C)(C)C(O)C(=O)O. The number of aliphatic carboxylic acids is 1. The van der Waals surface area contributed by atoms with Crippen LogP contribution in [-0.2, 0) is 17.3 Å². The molecule has 1 atom stereocenters. The maximum absolute atomic E-state index is 10.7. The van der Waals surface area contributed by atoms with Crippen LogP contribution in [0, 0.1) is 0 Å². The van der Waals surface area contributed by atoms with Gasteiger partial charge in [-0.25, -0.2) is 9.78 Å². The molecule has 0 aromatic carbocycles. The van der Waals surface area contributed by atoms with Gasteiger partial charge in [0.05, 0.1) is 12.0 Å². The lowest BCUT2D eigenvalue weighted by molar-refractivity contribution is -0.150. The number of rotatable bonds is 3. The number of carbonyl (C=O) groups is 1. The number of nitrogens with zero attached hydrogens (tertiary/aromatic N) is 2. The molecule has 0 bridgehead atoms. The Morgan fingerprint density at radius 2 is 2.20 bits per heavy atom. The van der Waals surface area contributed by atoms with Crippen molar-refractivity contribution in [1.82, 2.24) is 9.55 Å². The summed E-state index contributed by atoms with van der Waals surface area (Å²) >= 11 is 5.84. The molecule has 1 aromatic heterocycles. The normalized spacial score (nSPS) is 13.9. The van der Waals surface area contributed by atoms with E-state index < -0.39 is 17.5 Å². The zero-order valence-electron chi connectivity index (χ0n) is 8.73. The summed E-state index contributed by atoms with van der Waals surface area (Å²) in [5.74, 6) is -1.28. The lowest BCUT2D eigenvalue weighted by Gasteiger charge is -2.28. The van der Waals surface area contributed by atoms with Gasteiger partial charge in [0.2, 0.25) is 0 Å². The van der Waals surface area contributed by atoms with E-state index in [1.165, 1.54) is 6.33 Å². The van der Waals surface area contributed by atoms with Crippen molar-refractivity contribution in [3.63, 3.8) is 0 Å². The number of hydrogen-bond acceptors (Lipinski definition) is 3. The van der Waals surface area contributed by atoms with Crippen molar-refractivity contribution < 1.29 is 15.0 Å². The molecule has 0 radical (unpaired) electrons. The molecule has 2 N–H and O–H groups in total. The van der Waals surface area contributed by atoms with Crippen LogP contribution in [0.5, 0.6) is 0 Å². The molecule has 1 rings (SSSR count). The zero-order chi connectivity index (χ0) is 11.8. The van der Waals surface area contributed by atoms with Crippen molar-refractivity contribution in [1.29, 1.82) is 0 Å². The van der Waals surface area contributed by atoms with Crippen LogP contribution in [0.25, 0.3) is 0 Å². The topological polar surface area (TPSA) is 75.3 Å². The zero-order valence-corrected chi connectivity index (χ0v) is 9.49. The van der Waals surface area contributed by atoms with Crippen LogP contribution in [0.4, 0.5) is 0 Å². The predicted molar refractivity (Wildman–Crippen MR) is 54.9 cm³/mol. The Balaban J connectivity index is 3.21. The van der Waals surface area contributed by atoms with Gasteiger partial charge in [-0.1, -0.05) is 25.4 Å². The fourth-order valence-corrected chi connectivity index (χ4v) is 1.98. The predicted octanol–water partition coefficient (Wildman–Crippen LogP) is 0.797. The van der Waals surface area contributed by atoms with Crippen molar-refractivity contribution in [2.75, 3.05) is 0 Å². The van der Waals surface area contributed by atoms with Gasteiger partial charge in [0, 0.05) is 12.5 Å². The molecular weight excluding hydrogens is 220 g/mol. The van der Waals surface area contributed by atoms with Gasteiger partial charge < -0.3 is 14.8 Å². The Hall–Kier alpha value is -1.07. The molecule has 0 fully saturated rings. The Labute approximate surface area is 92.3 Å². The van der Waals surface area contributed by atoms with E-state index in [4.69, 9.17) is 16.7 Å². The second-order valence-electron chi connectivity index (χ2n) is 3.96. The summed E-state index contributed by atoms with van der Waals surface area (Å²) in [5.41, 5.74) is -0.493. The van der Waals surface area contributed by atoms with Crippen LogP contribution >= 0.6 is 11.6 Å². The molecule has 84 valence electrons. The number of aryl methyl sites for hydroxylation is 1. The highest BCUT2D eigenvalue weighted by Gasteiger charge is 2.39. The number of carboxylic acid groups (broad SMARTS) is 1. The van der Waals surface area contributed by atoms with Crippen LogP contribution < -0.4 is 0 Å². The molecule has 5 nitrogen and oxygen atoms in total. The van der Waals surface area contributed by atoms with Crippen LogP contribution in [-0.4, -0.2) is 31.8 Å².